The van der Waals surface area contributed by atoms with E-state index in [2.05, 4.69) is 20.1 Å². The van der Waals surface area contributed by atoms with Crippen molar-refractivity contribution in [2.45, 2.75) is 6.61 Å². The molecule has 4 aromatic rings. The summed E-state index contributed by atoms with van der Waals surface area (Å²) in [7, 11) is 0. The van der Waals surface area contributed by atoms with Gasteiger partial charge in [0.15, 0.2) is 5.82 Å². The van der Waals surface area contributed by atoms with Gasteiger partial charge in [0.1, 0.15) is 11.6 Å². The highest BCUT2D eigenvalue weighted by Gasteiger charge is 2.20. The Hall–Kier alpha value is -3.66. The number of amides is 1. The quantitative estimate of drug-likeness (QED) is 0.468. The molecular formula is C20H13F3N4O2S. The van der Waals surface area contributed by atoms with Gasteiger partial charge in [0.25, 0.3) is 5.91 Å². The molecule has 0 aliphatic heterocycles. The number of halogens is 3. The van der Waals surface area contributed by atoms with Crippen LogP contribution in [-0.4, -0.2) is 27.3 Å². The van der Waals surface area contributed by atoms with Crippen LogP contribution >= 0.6 is 11.3 Å². The molecule has 0 saturated carbocycles. The minimum absolute atomic E-state index is 0.0310. The Morgan fingerprint density at radius 3 is 2.57 bits per heavy atom. The number of hydrogen-bond donors (Lipinski definition) is 1. The van der Waals surface area contributed by atoms with Crippen LogP contribution in [0.5, 0.6) is 5.75 Å². The maximum Gasteiger partial charge on any atom is 0.387 e. The SMILES string of the molecule is O=C(Nc1ccc(OC(F)F)cc1)c1nc(-c2cccs2)n(-c2cccc(F)c2)n1. The van der Waals surface area contributed by atoms with Crippen LogP contribution in [0.3, 0.4) is 0 Å². The van der Waals surface area contributed by atoms with Crippen molar-refractivity contribution in [1.82, 2.24) is 14.8 Å². The summed E-state index contributed by atoms with van der Waals surface area (Å²) >= 11 is 1.40. The molecule has 0 aliphatic rings. The third-order valence-electron chi connectivity index (χ3n) is 3.94. The summed E-state index contributed by atoms with van der Waals surface area (Å²) in [6.45, 7) is -2.93. The van der Waals surface area contributed by atoms with Crippen molar-refractivity contribution >= 4 is 22.9 Å². The molecule has 0 spiro atoms. The minimum atomic E-state index is -2.93. The second kappa shape index (κ2) is 8.37. The largest absolute Gasteiger partial charge is 0.435 e. The van der Waals surface area contributed by atoms with E-state index in [1.165, 1.54) is 58.5 Å². The van der Waals surface area contributed by atoms with Gasteiger partial charge in [-0.25, -0.2) is 14.1 Å². The Morgan fingerprint density at radius 1 is 1.10 bits per heavy atom. The Balaban J connectivity index is 1.62. The number of alkyl halides is 2. The van der Waals surface area contributed by atoms with E-state index in [1.807, 2.05) is 17.5 Å². The molecular weight excluding hydrogens is 417 g/mol. The van der Waals surface area contributed by atoms with E-state index in [0.717, 1.165) is 4.88 Å². The van der Waals surface area contributed by atoms with Gasteiger partial charge < -0.3 is 10.1 Å². The lowest BCUT2D eigenvalue weighted by atomic mass is 10.3. The number of ether oxygens (including phenoxy) is 1. The highest BCUT2D eigenvalue weighted by molar-refractivity contribution is 7.13. The minimum Gasteiger partial charge on any atom is -0.435 e. The number of aromatic nitrogens is 3. The normalized spacial score (nSPS) is 10.9. The number of nitrogens with one attached hydrogen (secondary N) is 1. The van der Waals surface area contributed by atoms with Crippen molar-refractivity contribution < 1.29 is 22.7 Å². The van der Waals surface area contributed by atoms with Gasteiger partial charge in [-0.05, 0) is 53.9 Å². The smallest absolute Gasteiger partial charge is 0.387 e. The Morgan fingerprint density at radius 2 is 1.90 bits per heavy atom. The van der Waals surface area contributed by atoms with Crippen LogP contribution in [0.2, 0.25) is 0 Å². The summed E-state index contributed by atoms with van der Waals surface area (Å²) in [5.41, 5.74) is 0.764. The zero-order valence-electron chi connectivity index (χ0n) is 15.1. The molecule has 0 saturated heterocycles. The van der Waals surface area contributed by atoms with Crippen molar-refractivity contribution in [3.05, 3.63) is 77.7 Å². The fraction of sp³-hybridized carbons (Fsp3) is 0.0500. The molecule has 10 heteroatoms. The van der Waals surface area contributed by atoms with Crippen LogP contribution < -0.4 is 10.1 Å². The van der Waals surface area contributed by atoms with E-state index in [0.29, 0.717) is 17.2 Å². The van der Waals surface area contributed by atoms with Gasteiger partial charge in [0, 0.05) is 5.69 Å². The van der Waals surface area contributed by atoms with Crippen molar-refractivity contribution in [3.63, 3.8) is 0 Å². The maximum atomic E-state index is 13.7. The summed E-state index contributed by atoms with van der Waals surface area (Å²) in [6, 6.07) is 14.9. The third-order valence-corrected chi connectivity index (χ3v) is 4.81. The van der Waals surface area contributed by atoms with Crippen LogP contribution in [0.25, 0.3) is 16.4 Å². The second-order valence-electron chi connectivity index (χ2n) is 5.98. The van der Waals surface area contributed by atoms with Crippen LogP contribution in [0.4, 0.5) is 18.9 Å². The molecule has 0 fully saturated rings. The number of thiophene rings is 1. The van der Waals surface area contributed by atoms with E-state index in [4.69, 9.17) is 0 Å². The van der Waals surface area contributed by atoms with E-state index < -0.39 is 18.3 Å². The molecule has 152 valence electrons. The Kier molecular flexibility index (Phi) is 5.48. The van der Waals surface area contributed by atoms with Crippen LogP contribution in [0, 0.1) is 5.82 Å². The number of nitrogens with zero attached hydrogens (tertiary/aromatic N) is 3. The standard InChI is InChI=1S/C20H13F3N4O2S/c21-12-3-1-4-14(11-12)27-18(16-5-2-10-30-16)25-17(26-27)19(28)24-13-6-8-15(9-7-13)29-20(22)23/h1-11,20H,(H,24,28). The zero-order valence-corrected chi connectivity index (χ0v) is 15.9. The lowest BCUT2D eigenvalue weighted by Gasteiger charge is -2.06. The summed E-state index contributed by atoms with van der Waals surface area (Å²) < 4.78 is 43.8. The highest BCUT2D eigenvalue weighted by atomic mass is 32.1. The number of benzene rings is 2. The number of rotatable bonds is 6. The molecule has 2 aromatic carbocycles. The van der Waals surface area contributed by atoms with E-state index >= 15 is 0 Å². The van der Waals surface area contributed by atoms with Crippen LogP contribution in [0.1, 0.15) is 10.6 Å². The fourth-order valence-electron chi connectivity index (χ4n) is 2.67. The molecule has 0 aliphatic carbocycles. The average Bonchev–Trinajstić information content (AvgIpc) is 3.39. The molecule has 30 heavy (non-hydrogen) atoms. The predicted octanol–water partition coefficient (Wildman–Crippen LogP) is 4.99. The average molecular weight is 430 g/mol. The molecule has 1 N–H and O–H groups in total. The number of anilines is 1. The first-order chi connectivity index (χ1) is 14.5. The molecule has 1 amide bonds. The molecule has 0 radical (unpaired) electrons. The summed E-state index contributed by atoms with van der Waals surface area (Å²) in [4.78, 5) is 17.7. The van der Waals surface area contributed by atoms with Crippen molar-refractivity contribution in [2.24, 2.45) is 0 Å². The first kappa shape index (κ1) is 19.6. The summed E-state index contributed by atoms with van der Waals surface area (Å²) in [6.07, 6.45) is 0. The van der Waals surface area contributed by atoms with Crippen LogP contribution in [0.15, 0.2) is 66.0 Å². The van der Waals surface area contributed by atoms with E-state index in [9.17, 15) is 18.0 Å². The molecule has 0 unspecified atom stereocenters. The predicted molar refractivity (Wildman–Crippen MR) is 106 cm³/mol. The van der Waals surface area contributed by atoms with Crippen LogP contribution in [-0.2, 0) is 0 Å². The van der Waals surface area contributed by atoms with Gasteiger partial charge in [0.2, 0.25) is 5.82 Å². The number of carbonyl (C=O) groups is 1. The van der Waals surface area contributed by atoms with E-state index in [-0.39, 0.29) is 11.6 Å². The lowest BCUT2D eigenvalue weighted by molar-refractivity contribution is -0.0498. The van der Waals surface area contributed by atoms with Crippen molar-refractivity contribution in [2.75, 3.05) is 5.32 Å². The molecule has 0 bridgehead atoms. The Labute approximate surface area is 172 Å². The summed E-state index contributed by atoms with van der Waals surface area (Å²) in [5, 5.41) is 8.69. The van der Waals surface area contributed by atoms with Gasteiger partial charge in [-0.3, -0.25) is 4.79 Å². The first-order valence-corrected chi connectivity index (χ1v) is 9.50. The van der Waals surface area contributed by atoms with Gasteiger partial charge in [-0.2, -0.15) is 8.78 Å². The van der Waals surface area contributed by atoms with Gasteiger partial charge in [-0.15, -0.1) is 16.4 Å². The molecule has 2 heterocycles. The topological polar surface area (TPSA) is 69.0 Å². The Bertz CT molecular complexity index is 1160. The molecule has 0 atom stereocenters. The van der Waals surface area contributed by atoms with Crippen molar-refractivity contribution in [1.29, 1.82) is 0 Å². The zero-order chi connectivity index (χ0) is 21.1. The van der Waals surface area contributed by atoms with E-state index in [1.54, 1.807) is 6.07 Å². The lowest BCUT2D eigenvalue weighted by Crippen LogP contribution is -2.14. The number of carbonyl (C=O) groups excluding carboxylic acids is 1. The molecule has 4 rings (SSSR count). The highest BCUT2D eigenvalue weighted by Crippen LogP contribution is 2.26. The molecule has 6 nitrogen and oxygen atoms in total. The maximum absolute atomic E-state index is 13.7. The van der Waals surface area contributed by atoms with Crippen molar-refractivity contribution in [3.8, 4) is 22.1 Å². The monoisotopic (exact) mass is 430 g/mol. The summed E-state index contributed by atoms with van der Waals surface area (Å²) in [5.74, 6) is -0.823. The van der Waals surface area contributed by atoms with Gasteiger partial charge in [-0.1, -0.05) is 12.1 Å². The fourth-order valence-corrected chi connectivity index (χ4v) is 3.37. The first-order valence-electron chi connectivity index (χ1n) is 8.63. The number of hydrogen-bond acceptors (Lipinski definition) is 5. The second-order valence-corrected chi connectivity index (χ2v) is 6.93. The van der Waals surface area contributed by atoms with Gasteiger partial charge in [0.05, 0.1) is 10.6 Å². The molecule has 2 aromatic heterocycles. The van der Waals surface area contributed by atoms with Gasteiger partial charge >= 0.3 is 6.61 Å². The third kappa shape index (κ3) is 4.33.